The first-order valence-electron chi connectivity index (χ1n) is 10.7. The van der Waals surface area contributed by atoms with E-state index in [1.54, 1.807) is 17.2 Å². The van der Waals surface area contributed by atoms with Gasteiger partial charge in [-0.05, 0) is 70.5 Å². The maximum Gasteiger partial charge on any atom is 0.337 e. The van der Waals surface area contributed by atoms with E-state index in [1.807, 2.05) is 24.3 Å². The van der Waals surface area contributed by atoms with E-state index in [4.69, 9.17) is 5.11 Å². The van der Waals surface area contributed by atoms with Crippen LogP contribution in [0, 0.1) is 0 Å². The van der Waals surface area contributed by atoms with E-state index in [-0.39, 0.29) is 5.56 Å². The van der Waals surface area contributed by atoms with Crippen molar-refractivity contribution in [2.75, 3.05) is 0 Å². The van der Waals surface area contributed by atoms with Gasteiger partial charge in [-0.15, -0.1) is 0 Å². The average molecular weight is 405 g/mol. The summed E-state index contributed by atoms with van der Waals surface area (Å²) >= 11 is 0. The maximum atomic E-state index is 10.6. The van der Waals surface area contributed by atoms with Crippen LogP contribution in [0.15, 0.2) is 85.1 Å². The quantitative estimate of drug-likeness (QED) is 0.312. The first-order chi connectivity index (χ1) is 15.2. The molecular formula is C28H23NO2. The summed E-state index contributed by atoms with van der Waals surface area (Å²) < 4.78 is 0. The Morgan fingerprint density at radius 3 is 2.35 bits per heavy atom. The Labute approximate surface area is 181 Å². The monoisotopic (exact) mass is 405 g/mol. The molecule has 1 aliphatic rings. The van der Waals surface area contributed by atoms with Crippen molar-refractivity contribution in [1.82, 2.24) is 4.98 Å². The molecule has 0 radical (unpaired) electrons. The van der Waals surface area contributed by atoms with Crippen molar-refractivity contribution in [2.45, 2.75) is 25.7 Å². The smallest absolute Gasteiger partial charge is 0.337 e. The van der Waals surface area contributed by atoms with Crippen LogP contribution in [0.4, 0.5) is 0 Å². The van der Waals surface area contributed by atoms with Crippen LogP contribution in [-0.2, 0) is 12.8 Å². The number of hydrogen-bond donors (Lipinski definition) is 1. The minimum absolute atomic E-state index is 0.221. The second kappa shape index (κ2) is 8.19. The minimum atomic E-state index is -0.946. The van der Waals surface area contributed by atoms with Gasteiger partial charge in [0.15, 0.2) is 0 Å². The third-order valence-electron chi connectivity index (χ3n) is 6.09. The number of hydrogen-bond acceptors (Lipinski definition) is 2. The summed E-state index contributed by atoms with van der Waals surface area (Å²) in [5, 5.41) is 15.2. The molecule has 152 valence electrons. The predicted octanol–water partition coefficient (Wildman–Crippen LogP) is 6.80. The van der Waals surface area contributed by atoms with Gasteiger partial charge in [0.1, 0.15) is 0 Å². The summed E-state index contributed by atoms with van der Waals surface area (Å²) in [5.41, 5.74) is 4.21. The fourth-order valence-electron chi connectivity index (χ4n) is 4.53. The zero-order valence-electron chi connectivity index (χ0n) is 17.2. The summed E-state index contributed by atoms with van der Waals surface area (Å²) in [4.78, 5) is 14.6. The lowest BCUT2D eigenvalue weighted by atomic mass is 9.86. The van der Waals surface area contributed by atoms with Crippen molar-refractivity contribution in [3.05, 3.63) is 102 Å². The van der Waals surface area contributed by atoms with Crippen molar-refractivity contribution in [2.24, 2.45) is 0 Å². The van der Waals surface area contributed by atoms with E-state index in [0.29, 0.717) is 0 Å². The summed E-state index contributed by atoms with van der Waals surface area (Å²) in [6, 6.07) is 27.0. The molecule has 0 amide bonds. The van der Waals surface area contributed by atoms with E-state index >= 15 is 0 Å². The molecule has 4 aromatic carbocycles. The third kappa shape index (κ3) is 3.75. The number of para-hydroxylation sites is 1. The lowest BCUT2D eigenvalue weighted by Gasteiger charge is -2.18. The number of nitrogens with zero attached hydrogens (tertiary/aromatic N) is 1. The van der Waals surface area contributed by atoms with E-state index in [2.05, 4.69) is 53.5 Å². The molecule has 1 aromatic heterocycles. The van der Waals surface area contributed by atoms with Crippen molar-refractivity contribution < 1.29 is 9.90 Å². The minimum Gasteiger partial charge on any atom is -0.478 e. The van der Waals surface area contributed by atoms with Crippen LogP contribution in [0.25, 0.3) is 32.4 Å². The molecule has 3 nitrogen and oxygen atoms in total. The summed E-state index contributed by atoms with van der Waals surface area (Å²) in [5.74, 6) is -0.946. The zero-order chi connectivity index (χ0) is 21.2. The van der Waals surface area contributed by atoms with E-state index in [1.165, 1.54) is 53.4 Å². The highest BCUT2D eigenvalue weighted by molar-refractivity contribution is 6.08. The van der Waals surface area contributed by atoms with Crippen LogP contribution in [0.5, 0.6) is 0 Å². The van der Waals surface area contributed by atoms with Gasteiger partial charge in [-0.1, -0.05) is 66.7 Å². The first kappa shape index (κ1) is 19.3. The fourth-order valence-corrected chi connectivity index (χ4v) is 4.53. The molecule has 0 spiro atoms. The largest absolute Gasteiger partial charge is 0.478 e. The molecule has 6 rings (SSSR count). The van der Waals surface area contributed by atoms with E-state index < -0.39 is 5.97 Å². The molecule has 0 aliphatic heterocycles. The molecule has 5 aromatic rings. The number of carboxylic acid groups (broad SMARTS) is 1. The molecule has 1 N–H and O–H groups in total. The Balaban J connectivity index is 0.000000140. The molecule has 1 heterocycles. The summed E-state index contributed by atoms with van der Waals surface area (Å²) in [6.45, 7) is 0. The summed E-state index contributed by atoms with van der Waals surface area (Å²) in [7, 11) is 0. The van der Waals surface area contributed by atoms with E-state index in [0.717, 1.165) is 10.9 Å². The fraction of sp³-hybridized carbons (Fsp3) is 0.143. The van der Waals surface area contributed by atoms with Crippen molar-refractivity contribution in [3.8, 4) is 0 Å². The van der Waals surface area contributed by atoms with Crippen molar-refractivity contribution in [1.29, 1.82) is 0 Å². The molecule has 0 bridgehead atoms. The lowest BCUT2D eigenvalue weighted by molar-refractivity contribution is 0.0696. The van der Waals surface area contributed by atoms with Gasteiger partial charge < -0.3 is 5.11 Å². The van der Waals surface area contributed by atoms with Crippen LogP contribution < -0.4 is 0 Å². The lowest BCUT2D eigenvalue weighted by Crippen LogP contribution is -2.02. The van der Waals surface area contributed by atoms with Crippen LogP contribution in [0.1, 0.15) is 34.3 Å². The third-order valence-corrected chi connectivity index (χ3v) is 6.09. The van der Waals surface area contributed by atoms with E-state index in [9.17, 15) is 4.79 Å². The number of carbonyl (C=O) groups is 1. The topological polar surface area (TPSA) is 50.2 Å². The first-order valence-corrected chi connectivity index (χ1v) is 10.7. The van der Waals surface area contributed by atoms with Gasteiger partial charge in [0.05, 0.1) is 11.1 Å². The normalized spacial score (nSPS) is 12.9. The van der Waals surface area contributed by atoms with Crippen molar-refractivity contribution >= 4 is 38.4 Å². The van der Waals surface area contributed by atoms with Gasteiger partial charge in [0, 0.05) is 11.6 Å². The number of pyridine rings is 1. The molecule has 3 heteroatoms. The van der Waals surface area contributed by atoms with Gasteiger partial charge in [-0.3, -0.25) is 4.98 Å². The number of carboxylic acids is 1. The standard InChI is InChI=1S/C18H16.C10H7NO2/c1-3-7-15-13(5-1)9-11-18-16-8-4-2-6-14(16)10-12-17(15)18;12-10(13)8-5-7-3-1-2-4-9(7)11-6-8/h1,3,5,7,9-12H,2,4,6,8H2;1-6H,(H,12,13). The van der Waals surface area contributed by atoms with Gasteiger partial charge in [-0.25, -0.2) is 4.79 Å². The second-order valence-corrected chi connectivity index (χ2v) is 8.01. The Bertz CT molecular complexity index is 1420. The molecule has 0 saturated carbocycles. The Morgan fingerprint density at radius 1 is 0.742 bits per heavy atom. The predicted molar refractivity (Wildman–Crippen MR) is 127 cm³/mol. The van der Waals surface area contributed by atoms with Crippen LogP contribution >= 0.6 is 0 Å². The van der Waals surface area contributed by atoms with Crippen LogP contribution in [0.3, 0.4) is 0 Å². The number of rotatable bonds is 1. The second-order valence-electron chi connectivity index (χ2n) is 8.01. The number of aromatic nitrogens is 1. The SMILES string of the molecule is O=C(O)c1cnc2ccccc2c1.c1ccc2c(c1)ccc1c3c(ccc12)CCCC3. The van der Waals surface area contributed by atoms with Gasteiger partial charge in [0.2, 0.25) is 0 Å². The Kier molecular flexibility index (Phi) is 5.09. The molecule has 1 aliphatic carbocycles. The Morgan fingerprint density at radius 2 is 1.48 bits per heavy atom. The molecule has 0 atom stereocenters. The summed E-state index contributed by atoms with van der Waals surface area (Å²) in [6.07, 6.45) is 6.58. The average Bonchev–Trinajstić information content (AvgIpc) is 2.83. The highest BCUT2D eigenvalue weighted by Crippen LogP contribution is 2.33. The molecule has 31 heavy (non-hydrogen) atoms. The number of benzene rings is 4. The highest BCUT2D eigenvalue weighted by atomic mass is 16.4. The number of aromatic carboxylic acids is 1. The molecule has 0 unspecified atom stereocenters. The molecular weight excluding hydrogens is 382 g/mol. The van der Waals surface area contributed by atoms with Gasteiger partial charge in [-0.2, -0.15) is 0 Å². The maximum absolute atomic E-state index is 10.6. The number of aryl methyl sites for hydroxylation is 2. The number of fused-ring (bicyclic) bond motifs is 6. The Hall–Kier alpha value is -3.72. The van der Waals surface area contributed by atoms with Crippen LogP contribution in [0.2, 0.25) is 0 Å². The molecule has 0 saturated heterocycles. The highest BCUT2D eigenvalue weighted by Gasteiger charge is 2.13. The molecule has 0 fully saturated rings. The van der Waals surface area contributed by atoms with Gasteiger partial charge >= 0.3 is 5.97 Å². The van der Waals surface area contributed by atoms with Gasteiger partial charge in [0.25, 0.3) is 0 Å². The van der Waals surface area contributed by atoms with Crippen LogP contribution in [-0.4, -0.2) is 16.1 Å². The van der Waals surface area contributed by atoms with Crippen molar-refractivity contribution in [3.63, 3.8) is 0 Å². The zero-order valence-corrected chi connectivity index (χ0v) is 17.2.